The average molecular weight is 470 g/mol. The summed E-state index contributed by atoms with van der Waals surface area (Å²) < 4.78 is 0. The molecule has 1 aromatic heterocycles. The van der Waals surface area contributed by atoms with Crippen LogP contribution >= 0.6 is 0 Å². The van der Waals surface area contributed by atoms with E-state index in [0.717, 1.165) is 22.2 Å². The van der Waals surface area contributed by atoms with Crippen molar-refractivity contribution in [2.24, 2.45) is 0 Å². The molecule has 0 saturated heterocycles. The van der Waals surface area contributed by atoms with Crippen LogP contribution in [-0.2, 0) is 16.6 Å². The van der Waals surface area contributed by atoms with Crippen LogP contribution in [0, 0.1) is 0 Å². The van der Waals surface area contributed by atoms with Crippen molar-refractivity contribution in [2.75, 3.05) is 10.6 Å². The van der Waals surface area contributed by atoms with Crippen molar-refractivity contribution in [3.63, 3.8) is 0 Å². The smallest absolute Gasteiger partial charge is 0.274 e. The molecule has 0 radical (unpaired) electrons. The minimum Gasteiger partial charge on any atom is -0.340 e. The zero-order valence-electron chi connectivity index (χ0n) is 19.8. The number of carbonyl (C=O) groups excluding carboxylic acids is 2. The molecule has 0 bridgehead atoms. The molecule has 4 aromatic rings. The van der Waals surface area contributed by atoms with E-state index in [1.54, 1.807) is 35.8 Å². The number of benzene rings is 3. The standard InChI is InChI=1S/C27H27N5O3/c1-27(2,3)19-8-10-20(11-9-19)31-25-22-15-21(12-13-23(22)28-16-29-25)30-24(33)14-17-4-6-18(7-5-17)26(34)32-35/h4-13,15-16,35H,14H2,1-3H3,(H,30,33)(H,32,34)(H,28,29,31). The minimum atomic E-state index is -0.603. The molecule has 0 atom stereocenters. The molecule has 8 nitrogen and oxygen atoms in total. The first-order chi connectivity index (χ1) is 16.7. The molecule has 0 unspecified atom stereocenters. The number of nitrogens with one attached hydrogen (secondary N) is 3. The second kappa shape index (κ2) is 9.90. The molecule has 4 N–H and O–H groups in total. The fourth-order valence-corrected chi connectivity index (χ4v) is 3.65. The first kappa shape index (κ1) is 23.8. The van der Waals surface area contributed by atoms with Crippen molar-refractivity contribution in [2.45, 2.75) is 32.6 Å². The van der Waals surface area contributed by atoms with Crippen LogP contribution in [0.4, 0.5) is 17.2 Å². The van der Waals surface area contributed by atoms with Crippen molar-refractivity contribution in [3.05, 3.63) is 89.7 Å². The SMILES string of the molecule is CC(C)(C)c1ccc(Nc2ncnc3ccc(NC(=O)Cc4ccc(C(=O)NO)cc4)cc23)cc1. The summed E-state index contributed by atoms with van der Waals surface area (Å²) in [4.78, 5) is 32.8. The number of hydrogen-bond donors (Lipinski definition) is 4. The van der Waals surface area contributed by atoms with Crippen LogP contribution in [0.25, 0.3) is 10.9 Å². The maximum absolute atomic E-state index is 12.6. The van der Waals surface area contributed by atoms with E-state index >= 15 is 0 Å². The summed E-state index contributed by atoms with van der Waals surface area (Å²) in [7, 11) is 0. The number of amides is 2. The van der Waals surface area contributed by atoms with Gasteiger partial charge in [0.2, 0.25) is 5.91 Å². The molecule has 0 spiro atoms. The number of carbonyl (C=O) groups is 2. The van der Waals surface area contributed by atoms with E-state index in [0.29, 0.717) is 17.1 Å². The quantitative estimate of drug-likeness (QED) is 0.234. The van der Waals surface area contributed by atoms with Gasteiger partial charge < -0.3 is 10.6 Å². The Labute approximate surface area is 203 Å². The fourth-order valence-electron chi connectivity index (χ4n) is 3.65. The predicted molar refractivity (Wildman–Crippen MR) is 136 cm³/mol. The normalized spacial score (nSPS) is 11.2. The van der Waals surface area contributed by atoms with E-state index in [4.69, 9.17) is 5.21 Å². The van der Waals surface area contributed by atoms with Gasteiger partial charge in [0.15, 0.2) is 0 Å². The van der Waals surface area contributed by atoms with Gasteiger partial charge in [-0.15, -0.1) is 0 Å². The molecular weight excluding hydrogens is 442 g/mol. The monoisotopic (exact) mass is 469 g/mol. The van der Waals surface area contributed by atoms with Crippen molar-refractivity contribution in [1.29, 1.82) is 0 Å². The minimum absolute atomic E-state index is 0.0728. The number of hydroxylamine groups is 1. The van der Waals surface area contributed by atoms with Gasteiger partial charge in [0, 0.05) is 22.3 Å². The molecule has 0 aliphatic heterocycles. The first-order valence-corrected chi connectivity index (χ1v) is 11.2. The topological polar surface area (TPSA) is 116 Å². The van der Waals surface area contributed by atoms with Crippen molar-refractivity contribution < 1.29 is 14.8 Å². The van der Waals surface area contributed by atoms with Gasteiger partial charge in [-0.3, -0.25) is 14.8 Å². The van der Waals surface area contributed by atoms with Gasteiger partial charge in [-0.1, -0.05) is 45.0 Å². The fraction of sp³-hybridized carbons (Fsp3) is 0.185. The molecule has 4 rings (SSSR count). The number of fused-ring (bicyclic) bond motifs is 1. The lowest BCUT2D eigenvalue weighted by Crippen LogP contribution is -2.18. The molecule has 0 fully saturated rings. The van der Waals surface area contributed by atoms with Crippen molar-refractivity contribution in [3.8, 4) is 0 Å². The Balaban J connectivity index is 1.49. The summed E-state index contributed by atoms with van der Waals surface area (Å²) in [5.74, 6) is -0.158. The number of aromatic nitrogens is 2. The van der Waals surface area contributed by atoms with Crippen molar-refractivity contribution in [1.82, 2.24) is 15.4 Å². The van der Waals surface area contributed by atoms with E-state index in [1.165, 1.54) is 11.9 Å². The Kier molecular flexibility index (Phi) is 6.75. The zero-order chi connectivity index (χ0) is 25.0. The third kappa shape index (κ3) is 5.80. The van der Waals surface area contributed by atoms with Crippen LogP contribution in [0.3, 0.4) is 0 Å². The van der Waals surface area contributed by atoms with Crippen LogP contribution in [0.5, 0.6) is 0 Å². The third-order valence-corrected chi connectivity index (χ3v) is 5.62. The van der Waals surface area contributed by atoms with Gasteiger partial charge in [-0.25, -0.2) is 15.4 Å². The summed E-state index contributed by atoms with van der Waals surface area (Å²) in [6.07, 6.45) is 1.64. The molecule has 35 heavy (non-hydrogen) atoms. The van der Waals surface area contributed by atoms with Crippen LogP contribution in [0.15, 0.2) is 73.1 Å². The highest BCUT2D eigenvalue weighted by molar-refractivity contribution is 5.98. The van der Waals surface area contributed by atoms with E-state index in [9.17, 15) is 9.59 Å². The number of hydrogen-bond acceptors (Lipinski definition) is 6. The zero-order valence-corrected chi connectivity index (χ0v) is 19.8. The lowest BCUT2D eigenvalue weighted by Gasteiger charge is -2.19. The molecular formula is C27H27N5O3. The molecule has 0 aliphatic carbocycles. The van der Waals surface area contributed by atoms with E-state index in [2.05, 4.69) is 53.5 Å². The van der Waals surface area contributed by atoms with Gasteiger partial charge in [0.25, 0.3) is 5.91 Å². The highest BCUT2D eigenvalue weighted by Crippen LogP contribution is 2.28. The summed E-state index contributed by atoms with van der Waals surface area (Å²) in [6, 6.07) is 20.2. The van der Waals surface area contributed by atoms with E-state index in [-0.39, 0.29) is 17.7 Å². The van der Waals surface area contributed by atoms with Crippen LogP contribution in [-0.4, -0.2) is 27.0 Å². The lowest BCUT2D eigenvalue weighted by molar-refractivity contribution is -0.115. The Hall–Kier alpha value is -4.30. The molecule has 0 aliphatic rings. The molecule has 1 heterocycles. The van der Waals surface area contributed by atoms with Crippen LogP contribution in [0.2, 0.25) is 0 Å². The van der Waals surface area contributed by atoms with Gasteiger partial charge >= 0.3 is 0 Å². The van der Waals surface area contributed by atoms with Crippen molar-refractivity contribution >= 4 is 39.9 Å². The Bertz CT molecular complexity index is 1360. The highest BCUT2D eigenvalue weighted by atomic mass is 16.5. The largest absolute Gasteiger partial charge is 0.340 e. The number of rotatable bonds is 6. The van der Waals surface area contributed by atoms with E-state index in [1.807, 2.05) is 24.3 Å². The van der Waals surface area contributed by atoms with Gasteiger partial charge in [0.1, 0.15) is 12.1 Å². The summed E-state index contributed by atoms with van der Waals surface area (Å²) in [5, 5.41) is 15.7. The van der Waals surface area contributed by atoms with Gasteiger partial charge in [0.05, 0.1) is 11.9 Å². The number of anilines is 3. The van der Waals surface area contributed by atoms with Crippen LogP contribution in [0.1, 0.15) is 42.3 Å². The van der Waals surface area contributed by atoms with Gasteiger partial charge in [-0.05, 0) is 59.0 Å². The predicted octanol–water partition coefficient (Wildman–Crippen LogP) is 4.97. The first-order valence-electron chi connectivity index (χ1n) is 11.2. The molecule has 3 aromatic carbocycles. The van der Waals surface area contributed by atoms with E-state index < -0.39 is 5.91 Å². The lowest BCUT2D eigenvalue weighted by atomic mass is 9.87. The van der Waals surface area contributed by atoms with Gasteiger partial charge in [-0.2, -0.15) is 0 Å². The molecule has 0 saturated carbocycles. The maximum Gasteiger partial charge on any atom is 0.274 e. The average Bonchev–Trinajstić information content (AvgIpc) is 2.84. The molecule has 178 valence electrons. The Morgan fingerprint density at radius 2 is 1.57 bits per heavy atom. The molecule has 2 amide bonds. The summed E-state index contributed by atoms with van der Waals surface area (Å²) in [5.41, 5.74) is 6.23. The third-order valence-electron chi connectivity index (χ3n) is 5.62. The number of nitrogens with zero attached hydrogens (tertiary/aromatic N) is 2. The second-order valence-corrected chi connectivity index (χ2v) is 9.27. The Morgan fingerprint density at radius 1 is 0.886 bits per heavy atom. The second-order valence-electron chi connectivity index (χ2n) is 9.27. The summed E-state index contributed by atoms with van der Waals surface area (Å²) >= 11 is 0. The van der Waals surface area contributed by atoms with Crippen LogP contribution < -0.4 is 16.1 Å². The Morgan fingerprint density at radius 3 is 2.23 bits per heavy atom. The highest BCUT2D eigenvalue weighted by Gasteiger charge is 2.14. The summed E-state index contributed by atoms with van der Waals surface area (Å²) in [6.45, 7) is 6.52. The maximum atomic E-state index is 12.6. The molecule has 8 heteroatoms.